The molecule has 162 valence electrons. The molecule has 0 spiro atoms. The second-order valence-corrected chi connectivity index (χ2v) is 7.27. The van der Waals surface area contributed by atoms with Gasteiger partial charge in [-0.25, -0.2) is 4.98 Å². The van der Waals surface area contributed by atoms with Crippen LogP contribution in [0.2, 0.25) is 0 Å². The van der Waals surface area contributed by atoms with Crippen LogP contribution in [0.15, 0.2) is 41.7 Å². The van der Waals surface area contributed by atoms with Crippen LogP contribution in [0.4, 0.5) is 11.5 Å². The highest BCUT2D eigenvalue weighted by Crippen LogP contribution is 2.25. The molecule has 0 radical (unpaired) electrons. The van der Waals surface area contributed by atoms with Crippen molar-refractivity contribution >= 4 is 17.4 Å². The largest absolute Gasteiger partial charge is 0.494 e. The number of pyridine rings is 1. The van der Waals surface area contributed by atoms with E-state index in [2.05, 4.69) is 15.3 Å². The third-order valence-corrected chi connectivity index (χ3v) is 4.79. The molecule has 2 aromatic heterocycles. The molecule has 9 nitrogen and oxygen atoms in total. The van der Waals surface area contributed by atoms with Gasteiger partial charge in [0.15, 0.2) is 0 Å². The zero-order valence-corrected chi connectivity index (χ0v) is 18.0. The number of carbonyl (C=O) groups is 1. The van der Waals surface area contributed by atoms with Gasteiger partial charge in [0, 0.05) is 12.2 Å². The smallest absolute Gasteiger partial charge is 0.272 e. The van der Waals surface area contributed by atoms with E-state index in [9.17, 15) is 9.59 Å². The second-order valence-electron chi connectivity index (χ2n) is 7.27. The normalized spacial score (nSPS) is 11.8. The van der Waals surface area contributed by atoms with E-state index in [4.69, 9.17) is 16.2 Å². The van der Waals surface area contributed by atoms with Gasteiger partial charge in [-0.3, -0.25) is 19.1 Å². The van der Waals surface area contributed by atoms with Crippen LogP contribution in [-0.4, -0.2) is 27.0 Å². The Morgan fingerprint density at radius 2 is 1.90 bits per heavy atom. The van der Waals surface area contributed by atoms with Gasteiger partial charge in [-0.15, -0.1) is 0 Å². The van der Waals surface area contributed by atoms with Crippen molar-refractivity contribution in [1.82, 2.24) is 14.5 Å². The first-order valence-corrected chi connectivity index (χ1v) is 9.86. The predicted molar refractivity (Wildman–Crippen MR) is 120 cm³/mol. The topological polar surface area (TPSA) is 138 Å². The molecule has 5 N–H and O–H groups in total. The summed E-state index contributed by atoms with van der Waals surface area (Å²) in [6.07, 6.45) is 4.40. The third kappa shape index (κ3) is 4.56. The van der Waals surface area contributed by atoms with Gasteiger partial charge in [0.2, 0.25) is 0 Å². The average Bonchev–Trinajstić information content (AvgIpc) is 2.69. The number of ether oxygens (including phenoxy) is 1. The summed E-state index contributed by atoms with van der Waals surface area (Å²) < 4.78 is 6.88. The Kier molecular flexibility index (Phi) is 6.36. The molecule has 3 rings (SSSR count). The predicted octanol–water partition coefficient (Wildman–Crippen LogP) is 2.50. The van der Waals surface area contributed by atoms with Crippen LogP contribution in [0.3, 0.4) is 0 Å². The molecule has 0 saturated carbocycles. The van der Waals surface area contributed by atoms with Crippen molar-refractivity contribution < 1.29 is 9.53 Å². The van der Waals surface area contributed by atoms with Crippen LogP contribution in [0, 0.1) is 13.8 Å². The summed E-state index contributed by atoms with van der Waals surface area (Å²) in [6, 6.07) is 5.11. The Hall–Kier alpha value is -3.72. The van der Waals surface area contributed by atoms with Crippen molar-refractivity contribution in [2.45, 2.75) is 33.7 Å². The van der Waals surface area contributed by atoms with Crippen LogP contribution in [-0.2, 0) is 0 Å². The maximum Gasteiger partial charge on any atom is 0.272 e. The SMILES string of the molecule is CCOc1cc(C)c(-n2cnc(N)c(C(=O)Nc3cncc([C@H](C)N)c3)c2=O)c(C)c1. The quantitative estimate of drug-likeness (QED) is 0.555. The van der Waals surface area contributed by atoms with Gasteiger partial charge in [0.05, 0.1) is 24.2 Å². The first kappa shape index (κ1) is 22.0. The fourth-order valence-corrected chi connectivity index (χ4v) is 3.35. The summed E-state index contributed by atoms with van der Waals surface area (Å²) in [7, 11) is 0. The van der Waals surface area contributed by atoms with Crippen LogP contribution in [0.5, 0.6) is 5.75 Å². The number of nitrogen functional groups attached to an aromatic ring is 1. The fourth-order valence-electron chi connectivity index (χ4n) is 3.35. The Balaban J connectivity index is 2.03. The number of amides is 1. The van der Waals surface area contributed by atoms with E-state index in [1.165, 1.54) is 17.1 Å². The molecule has 31 heavy (non-hydrogen) atoms. The molecule has 3 aromatic rings. The van der Waals surface area contributed by atoms with Gasteiger partial charge >= 0.3 is 0 Å². The van der Waals surface area contributed by atoms with Crippen LogP contribution in [0.25, 0.3) is 5.69 Å². The highest BCUT2D eigenvalue weighted by atomic mass is 16.5. The number of hydrogen-bond acceptors (Lipinski definition) is 7. The van der Waals surface area contributed by atoms with Gasteiger partial charge in [0.1, 0.15) is 23.5 Å². The molecule has 0 aliphatic rings. The third-order valence-electron chi connectivity index (χ3n) is 4.79. The Morgan fingerprint density at radius 1 is 1.23 bits per heavy atom. The van der Waals surface area contributed by atoms with E-state index >= 15 is 0 Å². The van der Waals surface area contributed by atoms with Crippen molar-refractivity contribution in [1.29, 1.82) is 0 Å². The van der Waals surface area contributed by atoms with Gasteiger partial charge in [0.25, 0.3) is 11.5 Å². The van der Waals surface area contributed by atoms with Crippen molar-refractivity contribution in [3.05, 3.63) is 69.5 Å². The van der Waals surface area contributed by atoms with E-state index in [0.717, 1.165) is 16.7 Å². The van der Waals surface area contributed by atoms with E-state index in [-0.39, 0.29) is 17.4 Å². The maximum atomic E-state index is 13.2. The molecule has 2 heterocycles. The molecule has 0 fully saturated rings. The fraction of sp³-hybridized carbons (Fsp3) is 0.273. The highest BCUT2D eigenvalue weighted by Gasteiger charge is 2.21. The monoisotopic (exact) mass is 422 g/mol. The number of benzene rings is 1. The van der Waals surface area contributed by atoms with E-state index in [1.807, 2.05) is 39.8 Å². The number of rotatable bonds is 6. The Morgan fingerprint density at radius 3 is 2.52 bits per heavy atom. The molecular weight excluding hydrogens is 396 g/mol. The number of nitrogens with zero attached hydrogens (tertiary/aromatic N) is 3. The van der Waals surface area contributed by atoms with Crippen LogP contribution < -0.4 is 27.1 Å². The van der Waals surface area contributed by atoms with Crippen molar-refractivity contribution in [3.8, 4) is 11.4 Å². The molecule has 1 aromatic carbocycles. The number of hydrogen-bond donors (Lipinski definition) is 3. The summed E-state index contributed by atoms with van der Waals surface area (Å²) in [5.74, 6) is -0.123. The van der Waals surface area contributed by atoms with Gasteiger partial charge in [-0.1, -0.05) is 0 Å². The second kappa shape index (κ2) is 8.97. The number of anilines is 2. The number of aromatic nitrogens is 3. The summed E-state index contributed by atoms with van der Waals surface area (Å²) in [4.78, 5) is 34.3. The lowest BCUT2D eigenvalue weighted by Crippen LogP contribution is -2.31. The lowest BCUT2D eigenvalue weighted by Gasteiger charge is -2.16. The van der Waals surface area contributed by atoms with Gasteiger partial charge < -0.3 is 21.5 Å². The summed E-state index contributed by atoms with van der Waals surface area (Å²) in [5.41, 5.74) is 14.3. The number of carbonyl (C=O) groups excluding carboxylic acids is 1. The molecule has 0 saturated heterocycles. The van der Waals surface area contributed by atoms with E-state index in [1.54, 1.807) is 12.3 Å². The molecule has 1 atom stereocenters. The maximum absolute atomic E-state index is 13.2. The summed E-state index contributed by atoms with van der Waals surface area (Å²) >= 11 is 0. The standard InChI is InChI=1S/C22H26N6O3/c1-5-31-17-6-12(2)19(13(3)7-17)28-11-26-20(24)18(22(28)30)21(29)27-16-8-15(14(4)23)9-25-10-16/h6-11,14H,5,23-24H2,1-4H3,(H,27,29)/t14-/m0/s1. The Bertz CT molecular complexity index is 1160. The zero-order chi connectivity index (χ0) is 22.7. The summed E-state index contributed by atoms with van der Waals surface area (Å²) in [5, 5.41) is 2.66. The van der Waals surface area contributed by atoms with Crippen LogP contribution >= 0.6 is 0 Å². The minimum atomic E-state index is -0.672. The molecule has 0 aliphatic carbocycles. The zero-order valence-electron chi connectivity index (χ0n) is 18.0. The minimum Gasteiger partial charge on any atom is -0.494 e. The van der Waals surface area contributed by atoms with Crippen molar-refractivity contribution in [2.75, 3.05) is 17.7 Å². The first-order valence-electron chi connectivity index (χ1n) is 9.86. The molecular formula is C22H26N6O3. The number of nitrogens with two attached hydrogens (primary N) is 2. The van der Waals surface area contributed by atoms with E-state index in [0.29, 0.717) is 23.7 Å². The number of aryl methyl sites for hydroxylation is 2. The van der Waals surface area contributed by atoms with Gasteiger partial charge in [-0.05, 0) is 62.6 Å². The highest BCUT2D eigenvalue weighted by molar-refractivity contribution is 6.06. The average molecular weight is 422 g/mol. The lowest BCUT2D eigenvalue weighted by atomic mass is 10.1. The molecule has 0 bridgehead atoms. The Labute approximate surface area is 180 Å². The van der Waals surface area contributed by atoms with E-state index < -0.39 is 11.5 Å². The molecule has 1 amide bonds. The molecule has 0 unspecified atom stereocenters. The summed E-state index contributed by atoms with van der Waals surface area (Å²) in [6.45, 7) is 7.96. The molecule has 0 aliphatic heterocycles. The first-order chi connectivity index (χ1) is 14.7. The van der Waals surface area contributed by atoms with Crippen molar-refractivity contribution in [2.24, 2.45) is 5.73 Å². The molecule has 9 heteroatoms. The lowest BCUT2D eigenvalue weighted by molar-refractivity contribution is 0.102. The number of nitrogens with one attached hydrogen (secondary N) is 1. The minimum absolute atomic E-state index is 0.156. The van der Waals surface area contributed by atoms with Crippen molar-refractivity contribution in [3.63, 3.8) is 0 Å². The van der Waals surface area contributed by atoms with Crippen LogP contribution in [0.1, 0.15) is 46.9 Å². The van der Waals surface area contributed by atoms with Gasteiger partial charge in [-0.2, -0.15) is 0 Å².